The lowest BCUT2D eigenvalue weighted by Crippen LogP contribution is -2.51. The van der Waals surface area contributed by atoms with Crippen LogP contribution >= 0.6 is 0 Å². The molecule has 0 radical (unpaired) electrons. The first-order valence-electron chi connectivity index (χ1n) is 12.9. The Balaban J connectivity index is 1.20. The molecule has 2 aromatic heterocycles. The lowest BCUT2D eigenvalue weighted by atomic mass is 9.84. The summed E-state index contributed by atoms with van der Waals surface area (Å²) < 4.78 is 16.1. The van der Waals surface area contributed by atoms with Crippen molar-refractivity contribution in [2.45, 2.75) is 56.7 Å². The van der Waals surface area contributed by atoms with Crippen LogP contribution in [0.2, 0.25) is 0 Å². The second-order valence-corrected chi connectivity index (χ2v) is 10.3. The summed E-state index contributed by atoms with van der Waals surface area (Å²) in [5.74, 6) is -0.549. The highest BCUT2D eigenvalue weighted by Crippen LogP contribution is 2.30. The number of hydrogen-bond acceptors (Lipinski definition) is 6. The van der Waals surface area contributed by atoms with Crippen LogP contribution in [-0.4, -0.2) is 65.9 Å². The molecule has 5 rings (SSSR count). The van der Waals surface area contributed by atoms with Gasteiger partial charge in [-0.15, -0.1) is 0 Å². The predicted molar refractivity (Wildman–Crippen MR) is 138 cm³/mol. The molecule has 1 saturated heterocycles. The minimum atomic E-state index is -1.14. The molecule has 0 atom stereocenters. The van der Waals surface area contributed by atoms with E-state index >= 15 is 0 Å². The zero-order valence-corrected chi connectivity index (χ0v) is 21.1. The van der Waals surface area contributed by atoms with Gasteiger partial charge in [0.1, 0.15) is 17.5 Å². The highest BCUT2D eigenvalue weighted by Gasteiger charge is 2.37. The number of amides is 2. The zero-order chi connectivity index (χ0) is 26.9. The van der Waals surface area contributed by atoms with E-state index in [2.05, 4.69) is 22.0 Å². The lowest BCUT2D eigenvalue weighted by molar-refractivity contribution is -0.141. The van der Waals surface area contributed by atoms with Crippen LogP contribution in [0.5, 0.6) is 0 Å². The molecule has 1 aliphatic heterocycles. The fourth-order valence-electron chi connectivity index (χ4n) is 5.45. The molecule has 1 aliphatic carbocycles. The first-order valence-corrected chi connectivity index (χ1v) is 12.9. The van der Waals surface area contributed by atoms with Gasteiger partial charge in [-0.3, -0.25) is 19.0 Å². The van der Waals surface area contributed by atoms with Crippen molar-refractivity contribution in [2.75, 3.05) is 13.1 Å². The molecule has 2 N–H and O–H groups in total. The lowest BCUT2D eigenvalue weighted by Gasteiger charge is -2.40. The number of fused-ring (bicyclic) bond motifs is 1. The van der Waals surface area contributed by atoms with Gasteiger partial charge in [-0.2, -0.15) is 5.10 Å². The van der Waals surface area contributed by atoms with Crippen molar-refractivity contribution in [3.05, 3.63) is 65.6 Å². The summed E-state index contributed by atoms with van der Waals surface area (Å²) in [5.41, 5.74) is -0.536. The third-order valence-corrected chi connectivity index (χ3v) is 7.70. The Hall–Kier alpha value is -3.86. The number of halogens is 1. The quantitative estimate of drug-likeness (QED) is 0.477. The molecule has 1 aromatic carbocycles. The van der Waals surface area contributed by atoms with Gasteiger partial charge >= 0.3 is 0 Å². The smallest absolute Gasteiger partial charge is 0.264 e. The molecule has 0 unspecified atom stereocenters. The van der Waals surface area contributed by atoms with Crippen molar-refractivity contribution in [3.8, 4) is 5.69 Å². The molecule has 3 heterocycles. The third kappa shape index (κ3) is 5.24. The number of likely N-dealkylation sites (tertiary alicyclic amines) is 1. The Kier molecular flexibility index (Phi) is 7.11. The van der Waals surface area contributed by atoms with E-state index in [0.717, 1.165) is 12.8 Å². The summed E-state index contributed by atoms with van der Waals surface area (Å²) in [7, 11) is 0. The van der Waals surface area contributed by atoms with Gasteiger partial charge in [0.25, 0.3) is 5.56 Å². The number of carbonyl (C=O) groups is 2. The molecule has 3 aromatic rings. The molecule has 2 amide bonds. The van der Waals surface area contributed by atoms with Crippen LogP contribution in [0.4, 0.5) is 4.39 Å². The Labute approximate surface area is 218 Å². The fraction of sp³-hybridized carbons (Fsp3) is 0.444. The van der Waals surface area contributed by atoms with Crippen molar-refractivity contribution in [3.63, 3.8) is 0 Å². The normalized spacial score (nSPS) is 21.3. The monoisotopic (exact) mass is 522 g/mol. The van der Waals surface area contributed by atoms with Gasteiger partial charge in [-0.25, -0.2) is 14.1 Å². The molecule has 11 heteroatoms. The van der Waals surface area contributed by atoms with E-state index in [4.69, 9.17) is 0 Å². The van der Waals surface area contributed by atoms with Crippen molar-refractivity contribution in [1.82, 2.24) is 29.5 Å². The van der Waals surface area contributed by atoms with Gasteiger partial charge in [0.2, 0.25) is 11.8 Å². The molecule has 1 saturated carbocycles. The van der Waals surface area contributed by atoms with Crippen LogP contribution in [0.3, 0.4) is 0 Å². The third-order valence-electron chi connectivity index (χ3n) is 7.70. The summed E-state index contributed by atoms with van der Waals surface area (Å²) in [5, 5.41) is 18.7. The van der Waals surface area contributed by atoms with Crippen molar-refractivity contribution < 1.29 is 19.1 Å². The first-order chi connectivity index (χ1) is 18.3. The van der Waals surface area contributed by atoms with E-state index in [0.29, 0.717) is 55.5 Å². The van der Waals surface area contributed by atoms with E-state index in [1.807, 2.05) is 0 Å². The Morgan fingerprint density at radius 1 is 1.16 bits per heavy atom. The highest BCUT2D eigenvalue weighted by molar-refractivity contribution is 5.87. The maximum atomic E-state index is 13.3. The minimum absolute atomic E-state index is 0.0621. The van der Waals surface area contributed by atoms with Crippen LogP contribution < -0.4 is 10.9 Å². The van der Waals surface area contributed by atoms with E-state index in [-0.39, 0.29) is 41.7 Å². The fourth-order valence-corrected chi connectivity index (χ4v) is 5.45. The Morgan fingerprint density at radius 3 is 2.50 bits per heavy atom. The molecular weight excluding hydrogens is 491 g/mol. The van der Waals surface area contributed by atoms with Crippen molar-refractivity contribution in [1.29, 1.82) is 0 Å². The Bertz CT molecular complexity index is 1400. The number of nitrogens with zero attached hydrogens (tertiary/aromatic N) is 5. The second-order valence-electron chi connectivity index (χ2n) is 10.3. The number of aromatic nitrogens is 4. The van der Waals surface area contributed by atoms with Crippen LogP contribution in [-0.2, 0) is 16.1 Å². The summed E-state index contributed by atoms with van der Waals surface area (Å²) >= 11 is 0. The highest BCUT2D eigenvalue weighted by atomic mass is 19.1. The molecule has 0 bridgehead atoms. The first kappa shape index (κ1) is 25.8. The van der Waals surface area contributed by atoms with Crippen LogP contribution in [0.25, 0.3) is 16.7 Å². The number of piperidine rings is 1. The maximum absolute atomic E-state index is 13.3. The van der Waals surface area contributed by atoms with Gasteiger partial charge in [0.05, 0.1) is 24.0 Å². The summed E-state index contributed by atoms with van der Waals surface area (Å²) in [4.78, 5) is 43.9. The maximum Gasteiger partial charge on any atom is 0.264 e. The molecule has 2 fully saturated rings. The molecule has 10 nitrogen and oxygen atoms in total. The summed E-state index contributed by atoms with van der Waals surface area (Å²) in [6.07, 6.45) is 7.72. The van der Waals surface area contributed by atoms with Crippen molar-refractivity contribution >= 4 is 22.8 Å². The number of rotatable bonds is 6. The van der Waals surface area contributed by atoms with E-state index in [9.17, 15) is 23.9 Å². The average molecular weight is 523 g/mol. The number of benzene rings is 1. The van der Waals surface area contributed by atoms with Crippen LogP contribution in [0.15, 0.2) is 54.2 Å². The van der Waals surface area contributed by atoms with Gasteiger partial charge in [0, 0.05) is 25.0 Å². The zero-order valence-electron chi connectivity index (χ0n) is 21.1. The van der Waals surface area contributed by atoms with Gasteiger partial charge < -0.3 is 15.3 Å². The van der Waals surface area contributed by atoms with Gasteiger partial charge in [-0.05, 0) is 68.9 Å². The largest absolute Gasteiger partial charge is 0.388 e. The standard InChI is InChI=1S/C27H31FN6O4/c1-2-23(35)31-20-7-3-18(4-8-20)25(36)32-13-11-27(38,12-14-32)16-33-17-29-24-22(26(33)37)15-30-34(24)21-9-5-19(28)6-10-21/h2,5-6,9-10,15,17-18,20,38H,1,3-4,7-8,11-14,16H2,(H,31,35). The van der Waals surface area contributed by atoms with E-state index < -0.39 is 5.60 Å². The SMILES string of the molecule is C=CC(=O)NC1CCC(C(=O)N2CCC(O)(Cn3cnc4c(cnn4-c4ccc(F)cc4)c3=O)CC2)CC1. The average Bonchev–Trinajstić information content (AvgIpc) is 3.36. The van der Waals surface area contributed by atoms with Crippen LogP contribution in [0, 0.1) is 11.7 Å². The molecule has 200 valence electrons. The van der Waals surface area contributed by atoms with Crippen molar-refractivity contribution in [2.24, 2.45) is 5.92 Å². The minimum Gasteiger partial charge on any atom is -0.388 e. The van der Waals surface area contributed by atoms with E-state index in [1.165, 1.54) is 40.0 Å². The number of nitrogens with one attached hydrogen (secondary N) is 1. The number of carbonyl (C=O) groups excluding carboxylic acids is 2. The molecule has 38 heavy (non-hydrogen) atoms. The van der Waals surface area contributed by atoms with E-state index in [1.54, 1.807) is 17.0 Å². The summed E-state index contributed by atoms with van der Waals surface area (Å²) in [6.45, 7) is 4.36. The number of aliphatic hydroxyl groups is 1. The predicted octanol–water partition coefficient (Wildman–Crippen LogP) is 1.94. The summed E-state index contributed by atoms with van der Waals surface area (Å²) in [6, 6.07) is 5.80. The second kappa shape index (κ2) is 10.5. The number of hydrogen-bond donors (Lipinski definition) is 2. The van der Waals surface area contributed by atoms with Gasteiger partial charge in [-0.1, -0.05) is 6.58 Å². The topological polar surface area (TPSA) is 122 Å². The van der Waals surface area contributed by atoms with Crippen LogP contribution in [0.1, 0.15) is 38.5 Å². The molecule has 0 spiro atoms. The van der Waals surface area contributed by atoms with Gasteiger partial charge in [0.15, 0.2) is 5.65 Å². The molecule has 2 aliphatic rings. The Morgan fingerprint density at radius 2 is 1.84 bits per heavy atom. The molecular formula is C27H31FN6O4.